The number of hydrogen-bond donors (Lipinski definition) is 0. The third kappa shape index (κ3) is 5.65. The molecule has 0 saturated heterocycles. The molecule has 1 aliphatic rings. The van der Waals surface area contributed by atoms with Crippen LogP contribution in [0, 0.1) is 22.7 Å². The zero-order chi connectivity index (χ0) is 27.2. The van der Waals surface area contributed by atoms with Crippen molar-refractivity contribution in [3.05, 3.63) is 96.1 Å². The van der Waals surface area contributed by atoms with Crippen molar-refractivity contribution in [3.8, 4) is 34.4 Å². The molecule has 0 bridgehead atoms. The molecule has 5 rings (SSSR count). The maximum atomic E-state index is 14.1. The summed E-state index contributed by atoms with van der Waals surface area (Å²) in [5.74, 6) is 0. The van der Waals surface area contributed by atoms with Crippen molar-refractivity contribution in [1.29, 1.82) is 10.5 Å². The summed E-state index contributed by atoms with van der Waals surface area (Å²) >= 11 is 0. The normalized spacial score (nSPS) is 12.3. The maximum absolute atomic E-state index is 14.1. The summed E-state index contributed by atoms with van der Waals surface area (Å²) < 4.78 is 14.1. The van der Waals surface area contributed by atoms with Crippen LogP contribution in [-0.2, 0) is 10.8 Å². The van der Waals surface area contributed by atoms with Gasteiger partial charge in [-0.25, -0.2) is 4.21 Å². The molecular weight excluding hydrogens is 498 g/mol. The summed E-state index contributed by atoms with van der Waals surface area (Å²) in [6, 6.07) is 31.8. The number of rotatable bonds is 9. The van der Waals surface area contributed by atoms with Gasteiger partial charge in [0.25, 0.3) is 0 Å². The first-order valence-electron chi connectivity index (χ1n) is 13.6. The first kappa shape index (κ1) is 26.4. The van der Waals surface area contributed by atoms with E-state index in [4.69, 9.17) is 10.5 Å². The zero-order valence-electron chi connectivity index (χ0n) is 22.2. The highest BCUT2D eigenvalue weighted by Crippen LogP contribution is 2.45. The van der Waals surface area contributed by atoms with Crippen molar-refractivity contribution in [2.24, 2.45) is 0 Å². The fourth-order valence-corrected chi connectivity index (χ4v) is 6.59. The lowest BCUT2D eigenvalue weighted by atomic mass is 10.0. The molecule has 0 radical (unpaired) electrons. The Kier molecular flexibility index (Phi) is 8.21. The van der Waals surface area contributed by atoms with E-state index in [0.29, 0.717) is 11.1 Å². The molecule has 4 aromatic rings. The second-order valence-electron chi connectivity index (χ2n) is 9.93. The van der Waals surface area contributed by atoms with Crippen LogP contribution in [0.2, 0.25) is 0 Å². The molecule has 194 valence electrons. The van der Waals surface area contributed by atoms with Crippen LogP contribution in [0.3, 0.4) is 0 Å². The summed E-state index contributed by atoms with van der Waals surface area (Å²) in [6.45, 7) is 3.11. The van der Waals surface area contributed by atoms with Crippen LogP contribution < -0.4 is 4.90 Å². The van der Waals surface area contributed by atoms with Gasteiger partial charge < -0.3 is 4.90 Å². The third-order valence-electron chi connectivity index (χ3n) is 7.33. The van der Waals surface area contributed by atoms with Gasteiger partial charge in [-0.15, -0.1) is 0 Å². The van der Waals surface area contributed by atoms with Gasteiger partial charge >= 0.3 is 0 Å². The first-order valence-corrected chi connectivity index (χ1v) is 14.8. The van der Waals surface area contributed by atoms with Gasteiger partial charge in [0.2, 0.25) is 0 Å². The number of anilines is 2. The minimum absolute atomic E-state index is 0.620. The van der Waals surface area contributed by atoms with E-state index < -0.39 is 10.8 Å². The van der Waals surface area contributed by atoms with E-state index in [1.807, 2.05) is 60.7 Å². The molecule has 4 aromatic carbocycles. The molecule has 0 fully saturated rings. The van der Waals surface area contributed by atoms with Crippen LogP contribution in [0.15, 0.2) is 94.7 Å². The van der Waals surface area contributed by atoms with E-state index >= 15 is 0 Å². The highest BCUT2D eigenvalue weighted by atomic mass is 32.2. The summed E-state index contributed by atoms with van der Waals surface area (Å²) in [5, 5.41) is 18.3. The molecule has 0 amide bonds. The molecule has 0 aromatic heterocycles. The predicted octanol–water partition coefficient (Wildman–Crippen LogP) is 8.74. The lowest BCUT2D eigenvalue weighted by Crippen LogP contribution is -2.25. The molecule has 5 heteroatoms. The molecule has 0 aliphatic carbocycles. The van der Waals surface area contributed by atoms with E-state index in [0.717, 1.165) is 56.4 Å². The molecule has 0 saturated carbocycles. The van der Waals surface area contributed by atoms with Gasteiger partial charge in [0, 0.05) is 6.54 Å². The first-order chi connectivity index (χ1) is 19.1. The van der Waals surface area contributed by atoms with Crippen molar-refractivity contribution in [2.45, 2.75) is 55.2 Å². The highest BCUT2D eigenvalue weighted by molar-refractivity contribution is 7.85. The van der Waals surface area contributed by atoms with E-state index in [9.17, 15) is 4.21 Å². The van der Waals surface area contributed by atoms with Gasteiger partial charge in [0.1, 0.15) is 0 Å². The lowest BCUT2D eigenvalue weighted by Gasteiger charge is -2.33. The molecule has 0 spiro atoms. The predicted molar refractivity (Wildman–Crippen MR) is 158 cm³/mol. The van der Waals surface area contributed by atoms with Crippen LogP contribution in [0.1, 0.15) is 56.6 Å². The van der Waals surface area contributed by atoms with Crippen LogP contribution in [-0.4, -0.2) is 10.8 Å². The molecule has 0 N–H and O–H groups in total. The molecule has 0 atom stereocenters. The van der Waals surface area contributed by atoms with Crippen LogP contribution in [0.5, 0.6) is 0 Å². The van der Waals surface area contributed by atoms with Crippen LogP contribution >= 0.6 is 0 Å². The van der Waals surface area contributed by atoms with Crippen molar-refractivity contribution in [1.82, 2.24) is 0 Å². The van der Waals surface area contributed by atoms with Crippen molar-refractivity contribution < 1.29 is 4.21 Å². The van der Waals surface area contributed by atoms with Gasteiger partial charge in [-0.3, -0.25) is 0 Å². The Labute approximate surface area is 233 Å². The minimum atomic E-state index is -1.35. The summed E-state index contributed by atoms with van der Waals surface area (Å²) in [6.07, 6.45) is 7.28. The Balaban J connectivity index is 1.52. The van der Waals surface area contributed by atoms with Crippen LogP contribution in [0.4, 0.5) is 11.4 Å². The quantitative estimate of drug-likeness (QED) is 0.203. The second kappa shape index (κ2) is 12.1. The average Bonchev–Trinajstić information content (AvgIpc) is 3.00. The molecule has 4 nitrogen and oxygen atoms in total. The number of fused-ring (bicyclic) bond motifs is 2. The van der Waals surface area contributed by atoms with Crippen molar-refractivity contribution in [2.75, 3.05) is 11.4 Å². The average molecular weight is 530 g/mol. The van der Waals surface area contributed by atoms with Gasteiger partial charge in [-0.05, 0) is 77.2 Å². The summed E-state index contributed by atoms with van der Waals surface area (Å²) in [7, 11) is -1.35. The Morgan fingerprint density at radius 2 is 1.05 bits per heavy atom. The summed E-state index contributed by atoms with van der Waals surface area (Å²) in [5.41, 5.74) is 7.19. The Morgan fingerprint density at radius 1 is 0.615 bits per heavy atom. The Morgan fingerprint density at radius 3 is 1.51 bits per heavy atom. The number of nitriles is 2. The Hall–Kier alpha value is -4.19. The van der Waals surface area contributed by atoms with E-state index in [2.05, 4.69) is 48.2 Å². The van der Waals surface area contributed by atoms with Crippen LogP contribution in [0.25, 0.3) is 22.3 Å². The van der Waals surface area contributed by atoms with Crippen molar-refractivity contribution >= 4 is 22.2 Å². The molecule has 1 aliphatic heterocycles. The minimum Gasteiger partial charge on any atom is -0.339 e. The Bertz CT molecular complexity index is 1470. The third-order valence-corrected chi connectivity index (χ3v) is 8.78. The second-order valence-corrected chi connectivity index (χ2v) is 11.3. The van der Waals surface area contributed by atoms with Gasteiger partial charge in [-0.1, -0.05) is 75.4 Å². The molecular formula is C34H31N3OS. The molecule has 1 heterocycles. The number of unbranched alkanes of at least 4 members (excludes halogenated alkanes) is 5. The van der Waals surface area contributed by atoms with Gasteiger partial charge in [0.15, 0.2) is 0 Å². The van der Waals surface area contributed by atoms with Crippen molar-refractivity contribution in [3.63, 3.8) is 0 Å². The lowest BCUT2D eigenvalue weighted by molar-refractivity contribution is 0.608. The highest BCUT2D eigenvalue weighted by Gasteiger charge is 2.29. The van der Waals surface area contributed by atoms with E-state index in [1.165, 1.54) is 32.1 Å². The maximum Gasteiger partial charge on any atom is 0.0991 e. The number of hydrogen-bond acceptors (Lipinski definition) is 4. The monoisotopic (exact) mass is 529 g/mol. The SMILES string of the molecule is CCCCCCCCN1c2ccc(-c3ccc(C#N)cc3)cc2S(=O)c2cc(-c3ccc(C#N)cc3)ccc21. The number of nitrogens with zero attached hydrogens (tertiary/aromatic N) is 3. The molecule has 39 heavy (non-hydrogen) atoms. The zero-order valence-corrected chi connectivity index (χ0v) is 23.0. The number of benzene rings is 4. The fraction of sp³-hybridized carbons (Fsp3) is 0.235. The van der Waals surface area contributed by atoms with E-state index in [1.54, 1.807) is 0 Å². The molecule has 0 unspecified atom stereocenters. The topological polar surface area (TPSA) is 67.9 Å². The largest absolute Gasteiger partial charge is 0.339 e. The van der Waals surface area contributed by atoms with E-state index in [-0.39, 0.29) is 0 Å². The van der Waals surface area contributed by atoms with Gasteiger partial charge in [0.05, 0.1) is 55.2 Å². The summed E-state index contributed by atoms with van der Waals surface area (Å²) in [4.78, 5) is 3.96. The fourth-order valence-electron chi connectivity index (χ4n) is 5.14. The van der Waals surface area contributed by atoms with Gasteiger partial charge in [-0.2, -0.15) is 10.5 Å². The standard InChI is InChI=1S/C34H31N3OS/c1-2-3-4-5-6-7-20-37-31-18-16-29(27-12-8-25(23-35)9-13-27)21-33(31)39(38)34-22-30(17-19-32(34)37)28-14-10-26(24-36)11-15-28/h8-19,21-22H,2-7,20H2,1H3. The smallest absolute Gasteiger partial charge is 0.0991 e.